The number of benzene rings is 2. The molecule has 2 heterocycles. The largest absolute Gasteiger partial charge is 0.322 e. The number of rotatable bonds is 11. The molecule has 1 saturated heterocycles. The summed E-state index contributed by atoms with van der Waals surface area (Å²) in [5, 5.41) is 14.8. The van der Waals surface area contributed by atoms with Crippen LogP contribution in [0.1, 0.15) is 72.9 Å². The van der Waals surface area contributed by atoms with Crippen LogP contribution >= 0.6 is 0 Å². The number of imide groups is 1. The van der Waals surface area contributed by atoms with Crippen LogP contribution in [-0.2, 0) is 25.7 Å². The van der Waals surface area contributed by atoms with E-state index in [1.54, 1.807) is 17.8 Å². The third-order valence-electron chi connectivity index (χ3n) is 6.89. The van der Waals surface area contributed by atoms with Gasteiger partial charge < -0.3 is 4.90 Å². The molecule has 1 atom stereocenters. The first-order chi connectivity index (χ1) is 18.9. The Morgan fingerprint density at radius 1 is 0.974 bits per heavy atom. The molecule has 1 fully saturated rings. The normalized spacial score (nSPS) is 16.8. The molecule has 0 aliphatic carbocycles. The highest BCUT2D eigenvalue weighted by molar-refractivity contribution is 6.06. The number of unbranched alkanes of at least 4 members (excludes halogenated alkanes) is 3. The van der Waals surface area contributed by atoms with E-state index < -0.39 is 17.9 Å². The lowest BCUT2D eigenvalue weighted by Gasteiger charge is -2.29. The number of nitrogens with one attached hydrogen (secondary N) is 3. The highest BCUT2D eigenvalue weighted by atomic mass is 16.5. The van der Waals surface area contributed by atoms with Gasteiger partial charge in [0.25, 0.3) is 5.91 Å². The summed E-state index contributed by atoms with van der Waals surface area (Å²) in [6.45, 7) is 0.295. The van der Waals surface area contributed by atoms with Crippen LogP contribution in [0.5, 0.6) is 0 Å². The average molecular weight is 534 g/mol. The maximum Gasteiger partial charge on any atom is 0.255 e. The first-order valence-corrected chi connectivity index (χ1v) is 13.0. The zero-order valence-electron chi connectivity index (χ0n) is 21.4. The van der Waals surface area contributed by atoms with Crippen molar-refractivity contribution in [3.05, 3.63) is 59.2 Å². The summed E-state index contributed by atoms with van der Waals surface area (Å²) < 4.78 is 0. The van der Waals surface area contributed by atoms with Gasteiger partial charge in [0.15, 0.2) is 0 Å². The van der Waals surface area contributed by atoms with Gasteiger partial charge in [0.2, 0.25) is 23.6 Å². The highest BCUT2D eigenvalue weighted by Crippen LogP contribution is 2.34. The van der Waals surface area contributed by atoms with Crippen molar-refractivity contribution < 1.29 is 29.2 Å². The van der Waals surface area contributed by atoms with E-state index >= 15 is 0 Å². The summed E-state index contributed by atoms with van der Waals surface area (Å²) in [5.74, 6) is -1.57. The second-order valence-electron chi connectivity index (χ2n) is 9.60. The summed E-state index contributed by atoms with van der Waals surface area (Å²) in [7, 11) is 0. The lowest BCUT2D eigenvalue weighted by Crippen LogP contribution is -2.52. The standard InChI is InChI=1S/C28H31N5O6/c34-24-15-14-23(27(37)30-24)33-17-22-20(6-5-7-21(22)28(33)38)19-12-10-18(11-13-19)16-29-31-25(35)8-3-1-2-4-9-26(36)32-39/h5-7,10-13,16,23,39H,1-4,8-9,14-15,17H2,(H,31,35)(H,32,36)(H,30,34,37). The third-order valence-corrected chi connectivity index (χ3v) is 6.89. The molecule has 2 aliphatic heterocycles. The smallest absolute Gasteiger partial charge is 0.255 e. The van der Waals surface area contributed by atoms with Crippen molar-refractivity contribution in [1.82, 2.24) is 21.1 Å². The van der Waals surface area contributed by atoms with E-state index in [0.29, 0.717) is 37.8 Å². The fraction of sp³-hybridized carbons (Fsp3) is 0.357. The van der Waals surface area contributed by atoms with Crippen molar-refractivity contribution in [2.75, 3.05) is 0 Å². The maximum absolute atomic E-state index is 13.1. The van der Waals surface area contributed by atoms with Crippen LogP contribution in [0.4, 0.5) is 0 Å². The minimum Gasteiger partial charge on any atom is -0.322 e. The molecule has 0 radical (unpaired) electrons. The predicted octanol–water partition coefficient (Wildman–Crippen LogP) is 2.41. The Hall–Kier alpha value is -4.38. The molecular weight excluding hydrogens is 502 g/mol. The van der Waals surface area contributed by atoms with Crippen LogP contribution in [0.25, 0.3) is 11.1 Å². The number of hydroxylamine groups is 1. The number of hydrazone groups is 1. The molecule has 39 heavy (non-hydrogen) atoms. The summed E-state index contributed by atoms with van der Waals surface area (Å²) in [6.07, 6.45) is 5.61. The summed E-state index contributed by atoms with van der Waals surface area (Å²) >= 11 is 0. The van der Waals surface area contributed by atoms with E-state index in [-0.39, 0.29) is 30.6 Å². The van der Waals surface area contributed by atoms with Crippen LogP contribution in [0.3, 0.4) is 0 Å². The zero-order chi connectivity index (χ0) is 27.8. The molecule has 2 aromatic rings. The molecule has 11 heteroatoms. The molecule has 204 valence electrons. The molecule has 5 amide bonds. The van der Waals surface area contributed by atoms with Crippen LogP contribution in [0.2, 0.25) is 0 Å². The summed E-state index contributed by atoms with van der Waals surface area (Å²) in [4.78, 5) is 61.4. The maximum atomic E-state index is 13.1. The summed E-state index contributed by atoms with van der Waals surface area (Å²) in [5.41, 5.74) is 8.10. The monoisotopic (exact) mass is 533 g/mol. The molecule has 2 aliphatic rings. The average Bonchev–Trinajstić information content (AvgIpc) is 3.27. The number of hydrogen-bond donors (Lipinski definition) is 4. The Morgan fingerprint density at radius 3 is 2.36 bits per heavy atom. The first kappa shape index (κ1) is 27.6. The first-order valence-electron chi connectivity index (χ1n) is 13.0. The van der Waals surface area contributed by atoms with E-state index in [4.69, 9.17) is 5.21 Å². The molecule has 0 bridgehead atoms. The fourth-order valence-corrected chi connectivity index (χ4v) is 4.82. The number of amides is 5. The van der Waals surface area contributed by atoms with Gasteiger partial charge in [-0.05, 0) is 47.6 Å². The number of hydrogen-bond acceptors (Lipinski definition) is 7. The Balaban J connectivity index is 1.30. The van der Waals surface area contributed by atoms with Crippen LogP contribution in [0, 0.1) is 0 Å². The molecule has 4 N–H and O–H groups in total. The number of carbonyl (C=O) groups excluding carboxylic acids is 5. The molecule has 11 nitrogen and oxygen atoms in total. The fourth-order valence-electron chi connectivity index (χ4n) is 4.82. The lowest BCUT2D eigenvalue weighted by molar-refractivity contribution is -0.137. The third kappa shape index (κ3) is 6.94. The van der Waals surface area contributed by atoms with Crippen LogP contribution in [0.15, 0.2) is 47.6 Å². The van der Waals surface area contributed by atoms with E-state index in [0.717, 1.165) is 35.1 Å². The van der Waals surface area contributed by atoms with E-state index in [1.165, 1.54) is 4.90 Å². The molecule has 0 spiro atoms. The van der Waals surface area contributed by atoms with Crippen molar-refractivity contribution in [3.8, 4) is 11.1 Å². The van der Waals surface area contributed by atoms with Gasteiger partial charge in [-0.25, -0.2) is 10.9 Å². The number of nitrogens with zero attached hydrogens (tertiary/aromatic N) is 2. The van der Waals surface area contributed by atoms with Gasteiger partial charge in [-0.3, -0.25) is 34.5 Å². The van der Waals surface area contributed by atoms with E-state index in [9.17, 15) is 24.0 Å². The van der Waals surface area contributed by atoms with Gasteiger partial charge in [0.05, 0.1) is 6.21 Å². The predicted molar refractivity (Wildman–Crippen MR) is 141 cm³/mol. The topological polar surface area (TPSA) is 157 Å². The van der Waals surface area contributed by atoms with Gasteiger partial charge in [-0.1, -0.05) is 49.2 Å². The van der Waals surface area contributed by atoms with Crippen molar-refractivity contribution >= 4 is 35.8 Å². The Kier molecular flexibility index (Phi) is 9.16. The molecule has 1 unspecified atom stereocenters. The van der Waals surface area contributed by atoms with Crippen molar-refractivity contribution in [2.24, 2.45) is 5.10 Å². The second kappa shape index (κ2) is 12.9. The van der Waals surface area contributed by atoms with Crippen molar-refractivity contribution in [1.29, 1.82) is 0 Å². The van der Waals surface area contributed by atoms with Crippen molar-refractivity contribution in [3.63, 3.8) is 0 Å². The highest BCUT2D eigenvalue weighted by Gasteiger charge is 2.39. The number of carbonyl (C=O) groups is 5. The van der Waals surface area contributed by atoms with Gasteiger partial charge in [0, 0.05) is 31.4 Å². The van der Waals surface area contributed by atoms with E-state index in [1.807, 2.05) is 36.4 Å². The van der Waals surface area contributed by atoms with Crippen molar-refractivity contribution in [2.45, 2.75) is 64.0 Å². The number of fused-ring (bicyclic) bond motifs is 1. The van der Waals surface area contributed by atoms with Gasteiger partial charge in [-0.2, -0.15) is 5.10 Å². The Morgan fingerprint density at radius 2 is 1.67 bits per heavy atom. The van der Waals surface area contributed by atoms with E-state index in [2.05, 4.69) is 15.8 Å². The Bertz CT molecular complexity index is 1290. The molecule has 0 saturated carbocycles. The second-order valence-corrected chi connectivity index (χ2v) is 9.60. The van der Waals surface area contributed by atoms with Gasteiger partial charge in [0.1, 0.15) is 6.04 Å². The molecular formula is C28H31N5O6. The van der Waals surface area contributed by atoms with Gasteiger partial charge in [-0.15, -0.1) is 0 Å². The molecule has 0 aromatic heterocycles. The van der Waals surface area contributed by atoms with Crippen LogP contribution in [-0.4, -0.2) is 51.9 Å². The molecule has 4 rings (SSSR count). The minimum absolute atomic E-state index is 0.193. The Labute approximate surface area is 225 Å². The zero-order valence-corrected chi connectivity index (χ0v) is 21.4. The molecule has 2 aromatic carbocycles. The number of piperidine rings is 1. The van der Waals surface area contributed by atoms with Gasteiger partial charge >= 0.3 is 0 Å². The lowest BCUT2D eigenvalue weighted by atomic mass is 9.96. The SMILES string of the molecule is O=C(CCCCCCC(=O)NN=Cc1ccc(-c2cccc3c2CN(C2CCC(=O)NC2=O)C3=O)cc1)NO. The quantitative estimate of drug-likeness (QED) is 0.114. The minimum atomic E-state index is -0.663. The summed E-state index contributed by atoms with van der Waals surface area (Å²) in [6, 6.07) is 12.4. The van der Waals surface area contributed by atoms with Crippen LogP contribution < -0.4 is 16.2 Å².